The topological polar surface area (TPSA) is 125 Å². The molecule has 1 rings (SSSR count). The van der Waals surface area contributed by atoms with Gasteiger partial charge in [0.05, 0.1) is 25.0 Å². The van der Waals surface area contributed by atoms with Gasteiger partial charge in [-0.15, -0.1) is 0 Å². The second-order valence-electron chi connectivity index (χ2n) is 9.87. The minimum absolute atomic E-state index is 0.0528. The second kappa shape index (κ2) is 12.3. The van der Waals surface area contributed by atoms with Crippen molar-refractivity contribution in [3.8, 4) is 0 Å². The highest BCUT2D eigenvalue weighted by Gasteiger charge is 2.43. The number of carbonyl (C=O) groups excluding carboxylic acids is 3. The Morgan fingerprint density at radius 3 is 1.88 bits per heavy atom. The first-order chi connectivity index (χ1) is 15.6. The Bertz CT molecular complexity index is 815. The summed E-state index contributed by atoms with van der Waals surface area (Å²) >= 11 is 0. The minimum atomic E-state index is -1.11. The van der Waals surface area contributed by atoms with Crippen molar-refractivity contribution in [1.29, 1.82) is 0 Å². The standard InChI is InChI=1S/C24H36N2O8/c1-8-32-20(27)15-18(16-25(30)31)19(14-17-12-10-9-11-13-17)26(21(28)33-23(2,3)4)22(29)34-24(5,6)7/h9-13,18-19H,8,14-16H2,1-7H3/t18-,19-/m0/s1. The smallest absolute Gasteiger partial charge is 0.420 e. The highest BCUT2D eigenvalue weighted by molar-refractivity contribution is 5.89. The predicted molar refractivity (Wildman–Crippen MR) is 125 cm³/mol. The number of esters is 1. The summed E-state index contributed by atoms with van der Waals surface area (Å²) in [4.78, 5) is 50.5. The van der Waals surface area contributed by atoms with Crippen LogP contribution in [0, 0.1) is 16.0 Å². The first kappa shape index (κ1) is 28.9. The van der Waals surface area contributed by atoms with E-state index in [1.54, 1.807) is 78.8 Å². The molecule has 0 aliphatic rings. The molecule has 0 saturated carbocycles. The van der Waals surface area contributed by atoms with Crippen molar-refractivity contribution in [3.05, 3.63) is 46.0 Å². The molecule has 0 unspecified atom stereocenters. The van der Waals surface area contributed by atoms with E-state index < -0.39 is 52.8 Å². The summed E-state index contributed by atoms with van der Waals surface area (Å²) in [6.07, 6.45) is -2.34. The Hall–Kier alpha value is -3.17. The van der Waals surface area contributed by atoms with Crippen molar-refractivity contribution in [2.45, 2.75) is 78.6 Å². The van der Waals surface area contributed by atoms with Gasteiger partial charge in [0.2, 0.25) is 6.54 Å². The Morgan fingerprint density at radius 2 is 1.47 bits per heavy atom. The summed E-state index contributed by atoms with van der Waals surface area (Å²) < 4.78 is 15.9. The number of hydrogen-bond acceptors (Lipinski definition) is 8. The molecule has 34 heavy (non-hydrogen) atoms. The van der Waals surface area contributed by atoms with Crippen molar-refractivity contribution in [2.24, 2.45) is 5.92 Å². The van der Waals surface area contributed by atoms with Crippen molar-refractivity contribution in [3.63, 3.8) is 0 Å². The quantitative estimate of drug-likeness (QED) is 0.217. The molecule has 0 spiro atoms. The lowest BCUT2D eigenvalue weighted by Crippen LogP contribution is -2.54. The Balaban J connectivity index is 3.59. The molecule has 2 amide bonds. The highest BCUT2D eigenvalue weighted by Crippen LogP contribution is 2.26. The van der Waals surface area contributed by atoms with Gasteiger partial charge in [0.1, 0.15) is 11.2 Å². The number of rotatable bonds is 9. The van der Waals surface area contributed by atoms with Crippen molar-refractivity contribution >= 4 is 18.2 Å². The number of benzene rings is 1. The second-order valence-corrected chi connectivity index (χ2v) is 9.87. The largest absolute Gasteiger partial charge is 0.466 e. The third-order valence-electron chi connectivity index (χ3n) is 4.46. The Labute approximate surface area is 200 Å². The summed E-state index contributed by atoms with van der Waals surface area (Å²) in [7, 11) is 0. The molecule has 190 valence electrons. The minimum Gasteiger partial charge on any atom is -0.466 e. The fraction of sp³-hybridized carbons (Fsp3) is 0.625. The van der Waals surface area contributed by atoms with E-state index >= 15 is 0 Å². The zero-order valence-electron chi connectivity index (χ0n) is 21.0. The Morgan fingerprint density at radius 1 is 0.971 bits per heavy atom. The molecule has 0 saturated heterocycles. The molecule has 1 aromatic rings. The van der Waals surface area contributed by atoms with Gasteiger partial charge in [0.25, 0.3) is 0 Å². The van der Waals surface area contributed by atoms with Crippen LogP contribution in [0.3, 0.4) is 0 Å². The molecule has 0 fully saturated rings. The van der Waals surface area contributed by atoms with Crippen molar-refractivity contribution in [1.82, 2.24) is 4.90 Å². The van der Waals surface area contributed by atoms with Crippen molar-refractivity contribution < 1.29 is 33.5 Å². The molecule has 0 aliphatic carbocycles. The molecular formula is C24H36N2O8. The van der Waals surface area contributed by atoms with E-state index in [9.17, 15) is 24.5 Å². The molecule has 0 radical (unpaired) electrons. The van der Waals surface area contributed by atoms with E-state index in [1.165, 1.54) is 0 Å². The van der Waals surface area contributed by atoms with Crippen LogP contribution < -0.4 is 0 Å². The third kappa shape index (κ3) is 10.6. The number of nitro groups is 1. The van der Waals surface area contributed by atoms with E-state index in [-0.39, 0.29) is 19.4 Å². The molecule has 10 nitrogen and oxygen atoms in total. The average molecular weight is 481 g/mol. The van der Waals surface area contributed by atoms with Gasteiger partial charge >= 0.3 is 18.2 Å². The zero-order chi connectivity index (χ0) is 26.1. The summed E-state index contributed by atoms with van der Waals surface area (Å²) in [5.74, 6) is -1.71. The van der Waals surface area contributed by atoms with E-state index in [4.69, 9.17) is 14.2 Å². The highest BCUT2D eigenvalue weighted by atomic mass is 16.6. The molecule has 0 aromatic heterocycles. The molecule has 2 atom stereocenters. The maximum Gasteiger partial charge on any atom is 0.420 e. The lowest BCUT2D eigenvalue weighted by atomic mass is 9.89. The molecule has 0 N–H and O–H groups in total. The maximum absolute atomic E-state index is 13.2. The number of ether oxygens (including phenoxy) is 3. The fourth-order valence-electron chi connectivity index (χ4n) is 3.24. The number of carbonyl (C=O) groups is 3. The third-order valence-corrected chi connectivity index (χ3v) is 4.46. The zero-order valence-corrected chi connectivity index (χ0v) is 21.0. The van der Waals surface area contributed by atoms with Gasteiger partial charge in [-0.2, -0.15) is 0 Å². The molecule has 1 aromatic carbocycles. The van der Waals surface area contributed by atoms with Crippen LogP contribution in [0.15, 0.2) is 30.3 Å². The molecule has 0 aliphatic heterocycles. The molecule has 0 heterocycles. The van der Waals surface area contributed by atoms with Crippen LogP contribution >= 0.6 is 0 Å². The summed E-state index contributed by atoms with van der Waals surface area (Å²) in [5.41, 5.74) is -1.19. The van der Waals surface area contributed by atoms with Crippen LogP contribution in [0.25, 0.3) is 0 Å². The fourth-order valence-corrected chi connectivity index (χ4v) is 3.24. The van der Waals surface area contributed by atoms with Crippen molar-refractivity contribution in [2.75, 3.05) is 13.2 Å². The first-order valence-electron chi connectivity index (χ1n) is 11.2. The lowest BCUT2D eigenvalue weighted by Gasteiger charge is -2.36. The van der Waals surface area contributed by atoms with Gasteiger partial charge in [-0.1, -0.05) is 30.3 Å². The number of hydrogen-bond donors (Lipinski definition) is 0. The van der Waals surface area contributed by atoms with Gasteiger partial charge in [-0.05, 0) is 60.5 Å². The SMILES string of the molecule is CCOC(=O)C[C@@H](C[N+](=O)[O-])[C@H](Cc1ccccc1)N(C(=O)OC(C)(C)C)C(=O)OC(C)(C)C. The monoisotopic (exact) mass is 480 g/mol. The number of amides is 2. The van der Waals surface area contributed by atoms with Crippen LogP contribution in [-0.2, 0) is 25.4 Å². The van der Waals surface area contributed by atoms with E-state index in [2.05, 4.69) is 0 Å². The van der Waals surface area contributed by atoms with Crippen LogP contribution in [0.1, 0.15) is 60.5 Å². The Kier molecular flexibility index (Phi) is 10.5. The van der Waals surface area contributed by atoms with E-state index in [1.807, 2.05) is 0 Å². The van der Waals surface area contributed by atoms with Gasteiger partial charge in [-0.3, -0.25) is 14.9 Å². The summed E-state index contributed by atoms with van der Waals surface area (Å²) in [6.45, 7) is 10.9. The van der Waals surface area contributed by atoms with Gasteiger partial charge in [-0.25, -0.2) is 14.5 Å². The maximum atomic E-state index is 13.2. The van der Waals surface area contributed by atoms with Crippen LogP contribution in [0.5, 0.6) is 0 Å². The molecule has 0 bridgehead atoms. The lowest BCUT2D eigenvalue weighted by molar-refractivity contribution is -0.489. The normalized spacial score (nSPS) is 13.4. The van der Waals surface area contributed by atoms with Gasteiger partial charge in [0, 0.05) is 4.92 Å². The van der Waals surface area contributed by atoms with Crippen LogP contribution in [-0.4, -0.2) is 58.4 Å². The summed E-state index contributed by atoms with van der Waals surface area (Å²) in [5, 5.41) is 11.5. The number of imide groups is 1. The van der Waals surface area contributed by atoms with E-state index in [0.717, 1.165) is 4.90 Å². The van der Waals surface area contributed by atoms with Crippen LogP contribution in [0.4, 0.5) is 9.59 Å². The molecule has 10 heteroatoms. The van der Waals surface area contributed by atoms with Crippen LogP contribution in [0.2, 0.25) is 0 Å². The summed E-state index contributed by atoms with van der Waals surface area (Å²) in [6, 6.07) is 7.76. The van der Waals surface area contributed by atoms with Gasteiger partial charge < -0.3 is 14.2 Å². The average Bonchev–Trinajstić information content (AvgIpc) is 2.64. The van der Waals surface area contributed by atoms with Gasteiger partial charge in [0.15, 0.2) is 0 Å². The number of nitrogens with zero attached hydrogens (tertiary/aromatic N) is 2. The first-order valence-corrected chi connectivity index (χ1v) is 11.2. The van der Waals surface area contributed by atoms with E-state index in [0.29, 0.717) is 5.56 Å². The predicted octanol–water partition coefficient (Wildman–Crippen LogP) is 4.62. The molecular weight excluding hydrogens is 444 g/mol.